The molecule has 0 N–H and O–H groups in total. The molecule has 0 spiro atoms. The molecule has 2 amide bonds. The SMILES string of the molecule is O=C1c2cccnc2C(=O)N1c1ccc(Br)c(Cl)c1. The monoisotopic (exact) mass is 336 g/mol. The number of rotatable bonds is 1. The van der Waals surface area contributed by atoms with Gasteiger partial charge in [0.15, 0.2) is 0 Å². The second-order valence-electron chi connectivity index (χ2n) is 3.94. The minimum absolute atomic E-state index is 0.173. The van der Waals surface area contributed by atoms with Crippen LogP contribution in [0.2, 0.25) is 5.02 Å². The maximum atomic E-state index is 12.2. The number of hydrogen-bond donors (Lipinski definition) is 0. The van der Waals surface area contributed by atoms with E-state index in [1.54, 1.807) is 30.3 Å². The molecule has 1 aliphatic heterocycles. The van der Waals surface area contributed by atoms with Gasteiger partial charge in [-0.1, -0.05) is 11.6 Å². The quantitative estimate of drug-likeness (QED) is 0.750. The number of amides is 2. The van der Waals surface area contributed by atoms with Gasteiger partial charge in [-0.25, -0.2) is 4.90 Å². The number of anilines is 1. The van der Waals surface area contributed by atoms with Crippen LogP contribution in [-0.4, -0.2) is 16.8 Å². The van der Waals surface area contributed by atoms with Gasteiger partial charge in [-0.2, -0.15) is 0 Å². The molecule has 94 valence electrons. The van der Waals surface area contributed by atoms with E-state index in [-0.39, 0.29) is 11.6 Å². The Morgan fingerprint density at radius 1 is 1.16 bits per heavy atom. The Labute approximate surface area is 122 Å². The molecule has 4 nitrogen and oxygen atoms in total. The topological polar surface area (TPSA) is 50.3 Å². The summed E-state index contributed by atoms with van der Waals surface area (Å²) in [6.07, 6.45) is 1.49. The molecule has 3 rings (SSSR count). The van der Waals surface area contributed by atoms with Crippen LogP contribution in [0.15, 0.2) is 41.0 Å². The zero-order valence-electron chi connectivity index (χ0n) is 9.43. The fourth-order valence-electron chi connectivity index (χ4n) is 1.93. The van der Waals surface area contributed by atoms with Crippen LogP contribution in [0.4, 0.5) is 5.69 Å². The van der Waals surface area contributed by atoms with Crippen LogP contribution in [0.5, 0.6) is 0 Å². The van der Waals surface area contributed by atoms with Gasteiger partial charge in [-0.3, -0.25) is 14.6 Å². The first kappa shape index (κ1) is 12.3. The first-order chi connectivity index (χ1) is 9.09. The van der Waals surface area contributed by atoms with E-state index in [9.17, 15) is 9.59 Å². The molecule has 1 aliphatic rings. The van der Waals surface area contributed by atoms with E-state index < -0.39 is 5.91 Å². The lowest BCUT2D eigenvalue weighted by molar-refractivity contribution is 0.0925. The predicted octanol–water partition coefficient (Wildman–Crippen LogP) is 3.30. The van der Waals surface area contributed by atoms with Crippen LogP contribution in [-0.2, 0) is 0 Å². The van der Waals surface area contributed by atoms with Crippen molar-refractivity contribution in [3.8, 4) is 0 Å². The summed E-state index contributed by atoms with van der Waals surface area (Å²) in [6.45, 7) is 0. The fourth-order valence-corrected chi connectivity index (χ4v) is 2.35. The standard InChI is InChI=1S/C13H6BrClN2O2/c14-9-4-3-7(6-10(9)15)17-12(18)8-2-1-5-16-11(8)13(17)19/h1-6H. The third-order valence-electron chi connectivity index (χ3n) is 2.81. The molecule has 0 aliphatic carbocycles. The molecule has 0 fully saturated rings. The maximum Gasteiger partial charge on any atom is 0.284 e. The first-order valence-electron chi connectivity index (χ1n) is 5.38. The van der Waals surface area contributed by atoms with Crippen molar-refractivity contribution in [1.29, 1.82) is 0 Å². The molecule has 19 heavy (non-hydrogen) atoms. The molecular formula is C13H6BrClN2O2. The minimum atomic E-state index is -0.431. The van der Waals surface area contributed by atoms with Gasteiger partial charge in [0.05, 0.1) is 16.3 Å². The Hall–Kier alpha value is -1.72. The van der Waals surface area contributed by atoms with Gasteiger partial charge in [0.2, 0.25) is 0 Å². The summed E-state index contributed by atoms with van der Waals surface area (Å²) in [4.78, 5) is 29.4. The Morgan fingerprint density at radius 2 is 1.95 bits per heavy atom. The molecule has 1 aromatic carbocycles. The Kier molecular flexibility index (Phi) is 2.88. The normalized spacial score (nSPS) is 13.9. The van der Waals surface area contributed by atoms with Crippen LogP contribution < -0.4 is 4.90 Å². The van der Waals surface area contributed by atoms with E-state index in [0.29, 0.717) is 20.7 Å². The molecule has 2 heterocycles. The van der Waals surface area contributed by atoms with Crippen molar-refractivity contribution in [3.05, 3.63) is 57.3 Å². The molecule has 1 aromatic heterocycles. The molecule has 2 aromatic rings. The van der Waals surface area contributed by atoms with Crippen LogP contribution in [0.25, 0.3) is 0 Å². The van der Waals surface area contributed by atoms with Crippen molar-refractivity contribution >= 4 is 45.0 Å². The number of carbonyl (C=O) groups excluding carboxylic acids is 2. The van der Waals surface area contributed by atoms with Crippen molar-refractivity contribution < 1.29 is 9.59 Å². The summed E-state index contributed by atoms with van der Waals surface area (Å²) >= 11 is 9.25. The van der Waals surface area contributed by atoms with Gasteiger partial charge in [-0.15, -0.1) is 0 Å². The van der Waals surface area contributed by atoms with Gasteiger partial charge >= 0.3 is 0 Å². The highest BCUT2D eigenvalue weighted by Gasteiger charge is 2.37. The fraction of sp³-hybridized carbons (Fsp3) is 0. The highest BCUT2D eigenvalue weighted by molar-refractivity contribution is 9.10. The molecule has 0 radical (unpaired) electrons. The largest absolute Gasteiger partial charge is 0.284 e. The summed E-state index contributed by atoms with van der Waals surface area (Å²) in [5.41, 5.74) is 0.916. The number of benzene rings is 1. The Morgan fingerprint density at radius 3 is 2.63 bits per heavy atom. The molecule has 0 atom stereocenters. The average Bonchev–Trinajstić information content (AvgIpc) is 2.66. The number of fused-ring (bicyclic) bond motifs is 1. The average molecular weight is 338 g/mol. The van der Waals surface area contributed by atoms with Gasteiger partial charge in [-0.05, 0) is 46.3 Å². The summed E-state index contributed by atoms with van der Waals surface area (Å²) in [7, 11) is 0. The van der Waals surface area contributed by atoms with Gasteiger partial charge < -0.3 is 0 Å². The summed E-state index contributed by atoms with van der Waals surface area (Å²) in [5, 5.41) is 0.432. The molecular weight excluding hydrogens is 332 g/mol. The minimum Gasteiger partial charge on any atom is -0.268 e. The molecule has 0 saturated heterocycles. The van der Waals surface area contributed by atoms with E-state index in [2.05, 4.69) is 20.9 Å². The highest BCUT2D eigenvalue weighted by Crippen LogP contribution is 2.31. The number of halogens is 2. The summed E-state index contributed by atoms with van der Waals surface area (Å²) in [6, 6.07) is 8.12. The maximum absolute atomic E-state index is 12.2. The van der Waals surface area contributed by atoms with Crippen molar-refractivity contribution in [3.63, 3.8) is 0 Å². The number of aromatic nitrogens is 1. The molecule has 0 unspecified atom stereocenters. The Balaban J connectivity index is 2.11. The van der Waals surface area contributed by atoms with E-state index in [1.807, 2.05) is 0 Å². The van der Waals surface area contributed by atoms with E-state index in [1.165, 1.54) is 6.20 Å². The number of imide groups is 1. The van der Waals surface area contributed by atoms with E-state index in [0.717, 1.165) is 4.90 Å². The van der Waals surface area contributed by atoms with Crippen molar-refractivity contribution in [2.45, 2.75) is 0 Å². The smallest absolute Gasteiger partial charge is 0.268 e. The number of pyridine rings is 1. The lowest BCUT2D eigenvalue weighted by Crippen LogP contribution is -2.29. The number of carbonyl (C=O) groups is 2. The highest BCUT2D eigenvalue weighted by atomic mass is 79.9. The third kappa shape index (κ3) is 1.86. The van der Waals surface area contributed by atoms with E-state index >= 15 is 0 Å². The first-order valence-corrected chi connectivity index (χ1v) is 6.55. The van der Waals surface area contributed by atoms with Crippen molar-refractivity contribution in [2.24, 2.45) is 0 Å². The second kappa shape index (κ2) is 4.43. The molecule has 0 saturated carbocycles. The Bertz CT molecular complexity index is 683. The van der Waals surface area contributed by atoms with Gasteiger partial charge in [0.25, 0.3) is 11.8 Å². The summed E-state index contributed by atoms with van der Waals surface area (Å²) in [5.74, 6) is -0.814. The predicted molar refractivity (Wildman–Crippen MR) is 74.5 cm³/mol. The van der Waals surface area contributed by atoms with Crippen LogP contribution in [0.1, 0.15) is 20.8 Å². The number of hydrogen-bond acceptors (Lipinski definition) is 3. The van der Waals surface area contributed by atoms with Crippen molar-refractivity contribution in [1.82, 2.24) is 4.98 Å². The molecule has 6 heteroatoms. The van der Waals surface area contributed by atoms with Gasteiger partial charge in [0, 0.05) is 10.7 Å². The lowest BCUT2D eigenvalue weighted by Gasteiger charge is -2.14. The van der Waals surface area contributed by atoms with E-state index in [4.69, 9.17) is 11.6 Å². The van der Waals surface area contributed by atoms with Crippen molar-refractivity contribution in [2.75, 3.05) is 4.90 Å². The number of nitrogens with zero attached hydrogens (tertiary/aromatic N) is 2. The summed E-state index contributed by atoms with van der Waals surface area (Å²) < 4.78 is 0.702. The third-order valence-corrected chi connectivity index (χ3v) is 4.04. The zero-order valence-corrected chi connectivity index (χ0v) is 11.8. The molecule has 0 bridgehead atoms. The van der Waals surface area contributed by atoms with Gasteiger partial charge in [0.1, 0.15) is 5.69 Å². The van der Waals surface area contributed by atoms with Crippen LogP contribution in [0.3, 0.4) is 0 Å². The zero-order chi connectivity index (χ0) is 13.6. The lowest BCUT2D eigenvalue weighted by atomic mass is 10.2. The van der Waals surface area contributed by atoms with Crippen LogP contribution in [0, 0.1) is 0 Å². The van der Waals surface area contributed by atoms with Crippen LogP contribution >= 0.6 is 27.5 Å². The second-order valence-corrected chi connectivity index (χ2v) is 5.21.